The van der Waals surface area contributed by atoms with Gasteiger partial charge in [0.2, 0.25) is 0 Å². The molecule has 0 radical (unpaired) electrons. The van der Waals surface area contributed by atoms with Gasteiger partial charge in [-0.2, -0.15) is 0 Å². The minimum atomic E-state index is 0.699. The minimum absolute atomic E-state index is 0.699. The zero-order valence-corrected chi connectivity index (χ0v) is 14.4. The molecule has 1 rings (SSSR count). The fourth-order valence-electron chi connectivity index (χ4n) is 2.49. The fraction of sp³-hybridized carbons (Fsp3) is 0.667. The summed E-state index contributed by atoms with van der Waals surface area (Å²) in [5, 5.41) is 3.15. The Morgan fingerprint density at radius 1 is 1.00 bits per heavy atom. The molecule has 0 aliphatic heterocycles. The van der Waals surface area contributed by atoms with Gasteiger partial charge in [-0.05, 0) is 36.6 Å². The Kier molecular flexibility index (Phi) is 8.40. The van der Waals surface area contributed by atoms with Crippen molar-refractivity contribution in [3.8, 4) is 5.75 Å². The highest BCUT2D eigenvalue weighted by molar-refractivity contribution is 5.27. The lowest BCUT2D eigenvalue weighted by atomic mass is 10.1. The normalized spacial score (nSPS) is 11.6. The molecule has 0 atom stereocenters. The summed E-state index contributed by atoms with van der Waals surface area (Å²) in [4.78, 5) is 2.50. The Morgan fingerprint density at radius 2 is 1.57 bits per heavy atom. The van der Waals surface area contributed by atoms with Crippen molar-refractivity contribution >= 4 is 0 Å². The standard InChI is InChI=1S/C18H32N2O/c1-15(2)13-20(14-16(3)4)10-11-21-18-8-6-17(7-9-18)12-19-5/h6-9,15-16,19H,10-14H2,1-5H3. The summed E-state index contributed by atoms with van der Waals surface area (Å²) in [5.41, 5.74) is 1.28. The molecule has 1 N–H and O–H groups in total. The van der Waals surface area contributed by atoms with Crippen molar-refractivity contribution < 1.29 is 4.74 Å². The summed E-state index contributed by atoms with van der Waals surface area (Å²) in [5.74, 6) is 2.36. The molecular formula is C18H32N2O. The van der Waals surface area contributed by atoms with Crippen LogP contribution in [0.1, 0.15) is 33.3 Å². The van der Waals surface area contributed by atoms with Crippen LogP contribution in [0.5, 0.6) is 5.75 Å². The molecular weight excluding hydrogens is 260 g/mol. The molecule has 0 fully saturated rings. The molecule has 0 aliphatic rings. The van der Waals surface area contributed by atoms with Gasteiger partial charge in [0.15, 0.2) is 0 Å². The molecule has 21 heavy (non-hydrogen) atoms. The third kappa shape index (κ3) is 8.08. The van der Waals surface area contributed by atoms with Gasteiger partial charge < -0.3 is 10.1 Å². The quantitative estimate of drug-likeness (QED) is 0.715. The van der Waals surface area contributed by atoms with E-state index in [0.717, 1.165) is 38.5 Å². The molecule has 1 aromatic carbocycles. The van der Waals surface area contributed by atoms with Crippen LogP contribution < -0.4 is 10.1 Å². The third-order valence-electron chi connectivity index (χ3n) is 3.23. The van der Waals surface area contributed by atoms with E-state index in [9.17, 15) is 0 Å². The maximum atomic E-state index is 5.87. The Labute approximate surface area is 130 Å². The van der Waals surface area contributed by atoms with E-state index < -0.39 is 0 Å². The summed E-state index contributed by atoms with van der Waals surface area (Å²) >= 11 is 0. The predicted octanol–water partition coefficient (Wildman–Crippen LogP) is 3.40. The number of nitrogens with zero attached hydrogens (tertiary/aromatic N) is 1. The Hall–Kier alpha value is -1.06. The van der Waals surface area contributed by atoms with Crippen LogP contribution in [0.2, 0.25) is 0 Å². The summed E-state index contributed by atoms with van der Waals surface area (Å²) < 4.78 is 5.87. The first kappa shape index (κ1) is 18.0. The second-order valence-electron chi connectivity index (χ2n) is 6.57. The van der Waals surface area contributed by atoms with Crippen molar-refractivity contribution in [1.29, 1.82) is 0 Å². The van der Waals surface area contributed by atoms with E-state index in [2.05, 4.69) is 62.2 Å². The summed E-state index contributed by atoms with van der Waals surface area (Å²) in [7, 11) is 1.96. The van der Waals surface area contributed by atoms with Crippen LogP contribution in [0.3, 0.4) is 0 Å². The molecule has 3 heteroatoms. The van der Waals surface area contributed by atoms with Crippen LogP contribution in [0, 0.1) is 11.8 Å². The Balaban J connectivity index is 2.38. The second-order valence-corrected chi connectivity index (χ2v) is 6.57. The van der Waals surface area contributed by atoms with Gasteiger partial charge in [0.25, 0.3) is 0 Å². The number of nitrogens with one attached hydrogen (secondary N) is 1. The maximum Gasteiger partial charge on any atom is 0.119 e. The maximum absolute atomic E-state index is 5.87. The van der Waals surface area contributed by atoms with E-state index in [0.29, 0.717) is 11.8 Å². The zero-order valence-electron chi connectivity index (χ0n) is 14.4. The van der Waals surface area contributed by atoms with E-state index in [1.807, 2.05) is 7.05 Å². The molecule has 1 aromatic rings. The van der Waals surface area contributed by atoms with Gasteiger partial charge in [0.05, 0.1) is 0 Å². The molecule has 0 amide bonds. The Morgan fingerprint density at radius 3 is 2.05 bits per heavy atom. The minimum Gasteiger partial charge on any atom is -0.492 e. The van der Waals surface area contributed by atoms with Gasteiger partial charge in [0.1, 0.15) is 12.4 Å². The van der Waals surface area contributed by atoms with Crippen molar-refractivity contribution in [2.45, 2.75) is 34.2 Å². The van der Waals surface area contributed by atoms with Crippen molar-refractivity contribution in [3.05, 3.63) is 29.8 Å². The van der Waals surface area contributed by atoms with Crippen molar-refractivity contribution in [1.82, 2.24) is 10.2 Å². The van der Waals surface area contributed by atoms with Crippen LogP contribution >= 0.6 is 0 Å². The van der Waals surface area contributed by atoms with Gasteiger partial charge in [-0.25, -0.2) is 0 Å². The van der Waals surface area contributed by atoms with Crippen LogP contribution in [-0.4, -0.2) is 38.2 Å². The van der Waals surface area contributed by atoms with E-state index in [-0.39, 0.29) is 0 Å². The number of rotatable bonds is 10. The van der Waals surface area contributed by atoms with E-state index in [1.54, 1.807) is 0 Å². The van der Waals surface area contributed by atoms with Crippen LogP contribution in [0.25, 0.3) is 0 Å². The average Bonchev–Trinajstić information content (AvgIpc) is 2.39. The highest BCUT2D eigenvalue weighted by atomic mass is 16.5. The largest absolute Gasteiger partial charge is 0.492 e. The smallest absolute Gasteiger partial charge is 0.119 e. The van der Waals surface area contributed by atoms with Gasteiger partial charge in [-0.15, -0.1) is 0 Å². The fourth-order valence-corrected chi connectivity index (χ4v) is 2.49. The molecule has 0 heterocycles. The number of ether oxygens (including phenoxy) is 1. The number of hydrogen-bond donors (Lipinski definition) is 1. The summed E-state index contributed by atoms with van der Waals surface area (Å²) in [6.07, 6.45) is 0. The molecule has 3 nitrogen and oxygen atoms in total. The van der Waals surface area contributed by atoms with Gasteiger partial charge in [0, 0.05) is 26.2 Å². The highest BCUT2D eigenvalue weighted by Gasteiger charge is 2.09. The summed E-state index contributed by atoms with van der Waals surface area (Å²) in [6.45, 7) is 14.0. The van der Waals surface area contributed by atoms with Crippen LogP contribution in [0.15, 0.2) is 24.3 Å². The van der Waals surface area contributed by atoms with E-state index in [1.165, 1.54) is 5.56 Å². The molecule has 0 aliphatic carbocycles. The van der Waals surface area contributed by atoms with Crippen molar-refractivity contribution in [2.75, 3.05) is 33.3 Å². The van der Waals surface area contributed by atoms with Crippen molar-refractivity contribution in [3.63, 3.8) is 0 Å². The SMILES string of the molecule is CNCc1ccc(OCCN(CC(C)C)CC(C)C)cc1. The number of hydrogen-bond acceptors (Lipinski definition) is 3. The van der Waals surface area contributed by atoms with E-state index in [4.69, 9.17) is 4.74 Å². The first-order valence-electron chi connectivity index (χ1n) is 8.10. The first-order valence-corrected chi connectivity index (χ1v) is 8.10. The van der Waals surface area contributed by atoms with Gasteiger partial charge >= 0.3 is 0 Å². The molecule has 0 saturated carbocycles. The van der Waals surface area contributed by atoms with Crippen molar-refractivity contribution in [2.24, 2.45) is 11.8 Å². The molecule has 0 bridgehead atoms. The zero-order chi connectivity index (χ0) is 15.7. The molecule has 0 unspecified atom stereocenters. The molecule has 0 saturated heterocycles. The van der Waals surface area contributed by atoms with Gasteiger partial charge in [-0.3, -0.25) is 4.90 Å². The van der Waals surface area contributed by atoms with E-state index >= 15 is 0 Å². The van der Waals surface area contributed by atoms with Gasteiger partial charge in [-0.1, -0.05) is 39.8 Å². The average molecular weight is 292 g/mol. The van der Waals surface area contributed by atoms with Crippen LogP contribution in [0.4, 0.5) is 0 Å². The highest BCUT2D eigenvalue weighted by Crippen LogP contribution is 2.12. The summed E-state index contributed by atoms with van der Waals surface area (Å²) in [6, 6.07) is 8.35. The first-order chi connectivity index (χ1) is 10.0. The number of benzene rings is 1. The third-order valence-corrected chi connectivity index (χ3v) is 3.23. The molecule has 0 aromatic heterocycles. The second kappa shape index (κ2) is 9.80. The monoisotopic (exact) mass is 292 g/mol. The predicted molar refractivity (Wildman–Crippen MR) is 90.8 cm³/mol. The Bertz CT molecular complexity index is 363. The lowest BCUT2D eigenvalue weighted by Gasteiger charge is -2.26. The molecule has 0 spiro atoms. The lowest BCUT2D eigenvalue weighted by molar-refractivity contribution is 0.177. The topological polar surface area (TPSA) is 24.5 Å². The van der Waals surface area contributed by atoms with Crippen LogP contribution in [-0.2, 0) is 6.54 Å². The molecule has 120 valence electrons. The lowest BCUT2D eigenvalue weighted by Crippen LogP contribution is -2.34.